The second-order valence-corrected chi connectivity index (χ2v) is 6.62. The van der Waals surface area contributed by atoms with Crippen LogP contribution >= 0.6 is 0 Å². The van der Waals surface area contributed by atoms with Gasteiger partial charge in [0.15, 0.2) is 5.82 Å². The summed E-state index contributed by atoms with van der Waals surface area (Å²) in [7, 11) is 1.68. The summed E-state index contributed by atoms with van der Waals surface area (Å²) in [6, 6.07) is 7.92. The third-order valence-corrected chi connectivity index (χ3v) is 4.93. The van der Waals surface area contributed by atoms with E-state index >= 15 is 0 Å². The fraction of sp³-hybridized carbons (Fsp3) is 0.500. The van der Waals surface area contributed by atoms with E-state index in [0.29, 0.717) is 5.92 Å². The first-order valence-corrected chi connectivity index (χ1v) is 9.17. The molecule has 5 nitrogen and oxygen atoms in total. The van der Waals surface area contributed by atoms with Gasteiger partial charge in [0.05, 0.1) is 7.11 Å². The maximum absolute atomic E-state index is 5.24. The first-order valence-electron chi connectivity index (χ1n) is 9.17. The highest BCUT2D eigenvalue weighted by Crippen LogP contribution is 2.25. The second kappa shape index (κ2) is 8.30. The fourth-order valence-corrected chi connectivity index (χ4v) is 3.36. The zero-order chi connectivity index (χ0) is 17.6. The van der Waals surface area contributed by atoms with Crippen LogP contribution in [0.2, 0.25) is 0 Å². The Hall–Kier alpha value is -2.14. The van der Waals surface area contributed by atoms with Gasteiger partial charge in [0, 0.05) is 23.4 Å². The summed E-state index contributed by atoms with van der Waals surface area (Å²) < 4.78 is 5.24. The molecule has 2 N–H and O–H groups in total. The molecular formula is C20H28N4O. The maximum atomic E-state index is 5.24. The lowest BCUT2D eigenvalue weighted by molar-refractivity contribution is 0.389. The number of ether oxygens (including phenoxy) is 1. The molecule has 0 amide bonds. The average molecular weight is 340 g/mol. The van der Waals surface area contributed by atoms with Crippen LogP contribution in [0.25, 0.3) is 11.4 Å². The van der Waals surface area contributed by atoms with Gasteiger partial charge in [0.2, 0.25) is 0 Å². The Morgan fingerprint density at radius 2 is 1.88 bits per heavy atom. The third-order valence-electron chi connectivity index (χ3n) is 4.93. The number of rotatable bonds is 6. The molecule has 0 atom stereocenters. The van der Waals surface area contributed by atoms with E-state index in [9.17, 15) is 0 Å². The summed E-state index contributed by atoms with van der Waals surface area (Å²) in [6.45, 7) is 7.45. The summed E-state index contributed by atoms with van der Waals surface area (Å²) in [5.74, 6) is 3.31. The van der Waals surface area contributed by atoms with Gasteiger partial charge >= 0.3 is 0 Å². The highest BCUT2D eigenvalue weighted by molar-refractivity contribution is 5.60. The first-order chi connectivity index (χ1) is 12.2. The average Bonchev–Trinajstić information content (AvgIpc) is 2.67. The Labute approximate surface area is 150 Å². The molecule has 1 saturated heterocycles. The Balaban J connectivity index is 1.83. The minimum atomic E-state index is 0.714. The number of nitrogens with one attached hydrogen (secondary N) is 2. The number of anilines is 1. The second-order valence-electron chi connectivity index (χ2n) is 6.62. The summed E-state index contributed by atoms with van der Waals surface area (Å²) in [6.07, 6.45) is 3.39. The molecule has 1 aliphatic heterocycles. The Bertz CT molecular complexity index is 694. The third kappa shape index (κ3) is 4.28. The van der Waals surface area contributed by atoms with E-state index in [1.165, 1.54) is 18.4 Å². The monoisotopic (exact) mass is 340 g/mol. The van der Waals surface area contributed by atoms with Gasteiger partial charge in [-0.15, -0.1) is 0 Å². The van der Waals surface area contributed by atoms with E-state index < -0.39 is 0 Å². The maximum Gasteiger partial charge on any atom is 0.161 e. The lowest BCUT2D eigenvalue weighted by Crippen LogP contribution is -2.31. The Morgan fingerprint density at radius 3 is 2.52 bits per heavy atom. The number of benzene rings is 1. The van der Waals surface area contributed by atoms with Crippen LogP contribution in [0.5, 0.6) is 5.75 Å². The van der Waals surface area contributed by atoms with Crippen LogP contribution in [0.1, 0.15) is 31.0 Å². The molecule has 0 bridgehead atoms. The molecule has 5 heteroatoms. The van der Waals surface area contributed by atoms with Crippen LogP contribution in [0.4, 0.5) is 5.82 Å². The van der Waals surface area contributed by atoms with Crippen LogP contribution in [-0.2, 0) is 6.42 Å². The zero-order valence-corrected chi connectivity index (χ0v) is 15.4. The lowest BCUT2D eigenvalue weighted by Gasteiger charge is -2.24. The smallest absolute Gasteiger partial charge is 0.161 e. The standard InChI is InChI=1S/C20H28N4O/c1-4-18-14(2)23-19(16-5-7-17(25-3)8-6-16)24-20(18)22-13-15-9-11-21-12-10-15/h5-8,15,21H,4,9-13H2,1-3H3,(H,22,23,24). The Kier molecular flexibility index (Phi) is 5.87. The van der Waals surface area contributed by atoms with E-state index in [1.54, 1.807) is 7.11 Å². The van der Waals surface area contributed by atoms with Crippen molar-refractivity contribution in [2.24, 2.45) is 5.92 Å². The van der Waals surface area contributed by atoms with Crippen molar-refractivity contribution in [1.29, 1.82) is 0 Å². The van der Waals surface area contributed by atoms with E-state index in [-0.39, 0.29) is 0 Å². The van der Waals surface area contributed by atoms with Crippen LogP contribution in [0.15, 0.2) is 24.3 Å². The lowest BCUT2D eigenvalue weighted by atomic mass is 9.98. The molecule has 134 valence electrons. The molecule has 25 heavy (non-hydrogen) atoms. The summed E-state index contributed by atoms with van der Waals surface area (Å²) in [4.78, 5) is 9.56. The van der Waals surface area contributed by atoms with Gasteiger partial charge < -0.3 is 15.4 Å². The molecular weight excluding hydrogens is 312 g/mol. The number of hydrogen-bond acceptors (Lipinski definition) is 5. The predicted octanol–water partition coefficient (Wildman–Crippen LogP) is 3.43. The van der Waals surface area contributed by atoms with E-state index in [0.717, 1.165) is 54.7 Å². The van der Waals surface area contributed by atoms with E-state index in [1.807, 2.05) is 24.3 Å². The normalized spacial score (nSPS) is 15.2. The number of hydrogen-bond donors (Lipinski definition) is 2. The van der Waals surface area contributed by atoms with Crippen molar-refractivity contribution in [2.75, 3.05) is 32.1 Å². The zero-order valence-electron chi connectivity index (χ0n) is 15.4. The van der Waals surface area contributed by atoms with Crippen molar-refractivity contribution in [3.63, 3.8) is 0 Å². The minimum Gasteiger partial charge on any atom is -0.497 e. The van der Waals surface area contributed by atoms with E-state index in [4.69, 9.17) is 14.7 Å². The van der Waals surface area contributed by atoms with Gasteiger partial charge in [-0.2, -0.15) is 0 Å². The van der Waals surface area contributed by atoms with Crippen molar-refractivity contribution in [1.82, 2.24) is 15.3 Å². The van der Waals surface area contributed by atoms with Gasteiger partial charge in [-0.3, -0.25) is 0 Å². The molecule has 0 spiro atoms. The van der Waals surface area contributed by atoms with Crippen LogP contribution < -0.4 is 15.4 Å². The van der Waals surface area contributed by atoms with Gasteiger partial charge in [-0.05, 0) is 69.5 Å². The highest BCUT2D eigenvalue weighted by Gasteiger charge is 2.16. The molecule has 1 aromatic carbocycles. The van der Waals surface area contributed by atoms with Gasteiger partial charge in [-0.25, -0.2) is 9.97 Å². The molecule has 0 radical (unpaired) electrons. The number of aryl methyl sites for hydroxylation is 1. The molecule has 1 aliphatic rings. The fourth-order valence-electron chi connectivity index (χ4n) is 3.36. The van der Waals surface area contributed by atoms with Crippen molar-refractivity contribution in [3.05, 3.63) is 35.5 Å². The van der Waals surface area contributed by atoms with Gasteiger partial charge in [-0.1, -0.05) is 6.92 Å². The van der Waals surface area contributed by atoms with Gasteiger partial charge in [0.25, 0.3) is 0 Å². The largest absolute Gasteiger partial charge is 0.497 e. The summed E-state index contributed by atoms with van der Waals surface area (Å²) >= 11 is 0. The molecule has 0 aliphatic carbocycles. The van der Waals surface area contributed by atoms with Gasteiger partial charge in [0.1, 0.15) is 11.6 Å². The summed E-state index contributed by atoms with van der Waals surface area (Å²) in [5, 5.41) is 7.02. The van der Waals surface area contributed by atoms with Crippen LogP contribution in [-0.4, -0.2) is 36.7 Å². The van der Waals surface area contributed by atoms with Crippen molar-refractivity contribution >= 4 is 5.82 Å². The molecule has 3 rings (SSSR count). The van der Waals surface area contributed by atoms with Crippen molar-refractivity contribution in [3.8, 4) is 17.1 Å². The van der Waals surface area contributed by atoms with Crippen LogP contribution in [0, 0.1) is 12.8 Å². The first kappa shape index (κ1) is 17.7. The number of methoxy groups -OCH3 is 1. The number of nitrogens with zero attached hydrogens (tertiary/aromatic N) is 2. The van der Waals surface area contributed by atoms with Crippen molar-refractivity contribution in [2.45, 2.75) is 33.1 Å². The molecule has 1 fully saturated rings. The predicted molar refractivity (Wildman–Crippen MR) is 102 cm³/mol. The van der Waals surface area contributed by atoms with Crippen LogP contribution in [0.3, 0.4) is 0 Å². The van der Waals surface area contributed by atoms with Crippen molar-refractivity contribution < 1.29 is 4.74 Å². The topological polar surface area (TPSA) is 59.1 Å². The number of aromatic nitrogens is 2. The summed E-state index contributed by atoms with van der Waals surface area (Å²) in [5.41, 5.74) is 3.28. The SMILES string of the molecule is CCc1c(C)nc(-c2ccc(OC)cc2)nc1NCC1CCNCC1. The molecule has 0 unspecified atom stereocenters. The minimum absolute atomic E-state index is 0.714. The quantitative estimate of drug-likeness (QED) is 0.844. The molecule has 1 aromatic heterocycles. The highest BCUT2D eigenvalue weighted by atomic mass is 16.5. The molecule has 2 heterocycles. The molecule has 0 saturated carbocycles. The molecule has 2 aromatic rings. The number of piperidine rings is 1. The van der Waals surface area contributed by atoms with E-state index in [2.05, 4.69) is 24.5 Å². The Morgan fingerprint density at radius 1 is 1.16 bits per heavy atom.